The van der Waals surface area contributed by atoms with Gasteiger partial charge in [-0.05, 0) is 37.0 Å². The van der Waals surface area contributed by atoms with Crippen molar-refractivity contribution in [1.82, 2.24) is 5.32 Å². The molecule has 100 valence electrons. The van der Waals surface area contributed by atoms with Gasteiger partial charge < -0.3 is 10.4 Å². The molecule has 0 aliphatic rings. The van der Waals surface area contributed by atoms with E-state index in [2.05, 4.69) is 11.6 Å². The maximum atomic E-state index is 13.4. The van der Waals surface area contributed by atoms with Crippen LogP contribution in [0.2, 0.25) is 0 Å². The Labute approximate surface area is 111 Å². The lowest BCUT2D eigenvalue weighted by molar-refractivity contribution is 0.0946. The molecule has 18 heavy (non-hydrogen) atoms. The van der Waals surface area contributed by atoms with E-state index in [0.717, 1.165) is 31.1 Å². The minimum Gasteiger partial charge on any atom is -0.507 e. The van der Waals surface area contributed by atoms with Crippen LogP contribution < -0.4 is 5.32 Å². The number of carbonyl (C=O) groups is 1. The second-order valence-corrected chi connectivity index (χ2v) is 4.93. The summed E-state index contributed by atoms with van der Waals surface area (Å²) < 4.78 is 13.4. The first-order chi connectivity index (χ1) is 8.66. The summed E-state index contributed by atoms with van der Waals surface area (Å²) >= 11 is 1.80. The van der Waals surface area contributed by atoms with E-state index >= 15 is 0 Å². The van der Waals surface area contributed by atoms with Gasteiger partial charge in [0, 0.05) is 6.54 Å². The standard InChI is InChI=1S/C13H18FNO2S/c1-18-9-4-2-3-8-15-13(17)12-10(14)6-5-7-11(12)16/h5-7,16H,2-4,8-9H2,1H3,(H,15,17). The lowest BCUT2D eigenvalue weighted by Crippen LogP contribution is -2.25. The number of hydrogen-bond donors (Lipinski definition) is 2. The molecule has 0 aromatic heterocycles. The fourth-order valence-corrected chi connectivity index (χ4v) is 2.07. The van der Waals surface area contributed by atoms with Gasteiger partial charge in [-0.25, -0.2) is 4.39 Å². The molecule has 0 unspecified atom stereocenters. The van der Waals surface area contributed by atoms with Crippen LogP contribution in [-0.2, 0) is 0 Å². The summed E-state index contributed by atoms with van der Waals surface area (Å²) in [6.45, 7) is 0.501. The predicted octanol–water partition coefficient (Wildman–Crippen LogP) is 2.79. The Bertz CT molecular complexity index is 378. The van der Waals surface area contributed by atoms with Gasteiger partial charge in [-0.3, -0.25) is 4.79 Å². The van der Waals surface area contributed by atoms with Crippen LogP contribution in [0.25, 0.3) is 0 Å². The maximum Gasteiger partial charge on any atom is 0.258 e. The van der Waals surface area contributed by atoms with Gasteiger partial charge in [0.05, 0.1) is 0 Å². The number of carbonyl (C=O) groups excluding carboxylic acids is 1. The predicted molar refractivity (Wildman–Crippen MR) is 72.6 cm³/mol. The van der Waals surface area contributed by atoms with Crippen LogP contribution in [0, 0.1) is 5.82 Å². The molecular formula is C13H18FNO2S. The highest BCUT2D eigenvalue weighted by Crippen LogP contribution is 2.19. The lowest BCUT2D eigenvalue weighted by Gasteiger charge is -2.07. The molecule has 1 amide bonds. The van der Waals surface area contributed by atoms with Gasteiger partial charge in [0.1, 0.15) is 17.1 Å². The van der Waals surface area contributed by atoms with E-state index in [1.165, 1.54) is 12.1 Å². The number of aromatic hydroxyl groups is 1. The number of phenols is 1. The van der Waals surface area contributed by atoms with Crippen LogP contribution in [-0.4, -0.2) is 29.6 Å². The van der Waals surface area contributed by atoms with E-state index in [9.17, 15) is 14.3 Å². The number of halogens is 1. The Morgan fingerprint density at radius 3 is 2.83 bits per heavy atom. The van der Waals surface area contributed by atoms with E-state index in [1.807, 2.05) is 0 Å². The molecule has 0 atom stereocenters. The summed E-state index contributed by atoms with van der Waals surface area (Å²) in [5, 5.41) is 12.0. The van der Waals surface area contributed by atoms with E-state index in [1.54, 1.807) is 11.8 Å². The van der Waals surface area contributed by atoms with Crippen LogP contribution in [0.1, 0.15) is 29.6 Å². The number of unbranched alkanes of at least 4 members (excludes halogenated alkanes) is 2. The van der Waals surface area contributed by atoms with E-state index < -0.39 is 11.7 Å². The SMILES string of the molecule is CSCCCCCNC(=O)c1c(O)cccc1F. The summed E-state index contributed by atoms with van der Waals surface area (Å²) in [7, 11) is 0. The van der Waals surface area contributed by atoms with E-state index in [0.29, 0.717) is 6.54 Å². The molecule has 0 saturated heterocycles. The molecule has 0 aliphatic carbocycles. The minimum atomic E-state index is -0.699. The average molecular weight is 271 g/mol. The van der Waals surface area contributed by atoms with Gasteiger partial charge in [0.15, 0.2) is 0 Å². The zero-order chi connectivity index (χ0) is 13.4. The zero-order valence-corrected chi connectivity index (χ0v) is 11.2. The minimum absolute atomic E-state index is 0.276. The molecule has 0 fully saturated rings. The van der Waals surface area contributed by atoms with Crippen molar-refractivity contribution in [3.05, 3.63) is 29.6 Å². The Balaban J connectivity index is 2.37. The zero-order valence-electron chi connectivity index (χ0n) is 10.4. The number of thioether (sulfide) groups is 1. The first-order valence-electron chi connectivity index (χ1n) is 5.91. The van der Waals surface area contributed by atoms with E-state index in [4.69, 9.17) is 0 Å². The number of rotatable bonds is 7. The fourth-order valence-electron chi connectivity index (χ4n) is 1.58. The normalized spacial score (nSPS) is 10.3. The highest BCUT2D eigenvalue weighted by Gasteiger charge is 2.15. The molecular weight excluding hydrogens is 253 g/mol. The summed E-state index contributed by atoms with van der Waals surface area (Å²) in [4.78, 5) is 11.7. The summed E-state index contributed by atoms with van der Waals surface area (Å²) in [6.07, 6.45) is 5.07. The second kappa shape index (κ2) is 7.97. The topological polar surface area (TPSA) is 49.3 Å². The third kappa shape index (κ3) is 4.56. The Morgan fingerprint density at radius 1 is 1.39 bits per heavy atom. The summed E-state index contributed by atoms with van der Waals surface area (Å²) in [5.74, 6) is -0.470. The first kappa shape index (κ1) is 14.8. The van der Waals surface area contributed by atoms with Crippen molar-refractivity contribution in [3.8, 4) is 5.75 Å². The van der Waals surface area contributed by atoms with Crippen molar-refractivity contribution in [2.45, 2.75) is 19.3 Å². The fraction of sp³-hybridized carbons (Fsp3) is 0.462. The van der Waals surface area contributed by atoms with Crippen LogP contribution in [0.3, 0.4) is 0 Å². The lowest BCUT2D eigenvalue weighted by atomic mass is 10.1. The third-order valence-electron chi connectivity index (χ3n) is 2.53. The molecule has 3 nitrogen and oxygen atoms in total. The number of nitrogens with one attached hydrogen (secondary N) is 1. The number of amides is 1. The highest BCUT2D eigenvalue weighted by molar-refractivity contribution is 7.98. The molecule has 0 spiro atoms. The van der Waals surface area contributed by atoms with Crippen molar-refractivity contribution < 1.29 is 14.3 Å². The van der Waals surface area contributed by atoms with Gasteiger partial charge in [0.2, 0.25) is 0 Å². The van der Waals surface area contributed by atoms with E-state index in [-0.39, 0.29) is 11.3 Å². The third-order valence-corrected chi connectivity index (χ3v) is 3.23. The van der Waals surface area contributed by atoms with Gasteiger partial charge in [-0.1, -0.05) is 12.5 Å². The summed E-state index contributed by atoms with van der Waals surface area (Å²) in [6, 6.07) is 3.83. The molecule has 0 heterocycles. The van der Waals surface area contributed by atoms with Gasteiger partial charge in [-0.15, -0.1) is 0 Å². The molecule has 5 heteroatoms. The first-order valence-corrected chi connectivity index (χ1v) is 7.31. The number of hydrogen-bond acceptors (Lipinski definition) is 3. The summed E-state index contributed by atoms with van der Waals surface area (Å²) in [5.41, 5.74) is -0.276. The highest BCUT2D eigenvalue weighted by atomic mass is 32.2. The van der Waals surface area contributed by atoms with Crippen LogP contribution in [0.5, 0.6) is 5.75 Å². The largest absolute Gasteiger partial charge is 0.507 e. The quantitative estimate of drug-likeness (QED) is 0.750. The maximum absolute atomic E-state index is 13.4. The van der Waals surface area contributed by atoms with Crippen LogP contribution in [0.15, 0.2) is 18.2 Å². The van der Waals surface area contributed by atoms with Crippen molar-refractivity contribution in [2.75, 3.05) is 18.6 Å². The Morgan fingerprint density at radius 2 is 2.17 bits per heavy atom. The van der Waals surface area contributed by atoms with Crippen molar-refractivity contribution in [3.63, 3.8) is 0 Å². The average Bonchev–Trinajstić information content (AvgIpc) is 2.33. The van der Waals surface area contributed by atoms with Gasteiger partial charge in [-0.2, -0.15) is 11.8 Å². The monoisotopic (exact) mass is 271 g/mol. The number of phenolic OH excluding ortho intramolecular Hbond substituents is 1. The van der Waals surface area contributed by atoms with Crippen molar-refractivity contribution >= 4 is 17.7 Å². The molecule has 1 aromatic rings. The van der Waals surface area contributed by atoms with Gasteiger partial charge >= 0.3 is 0 Å². The molecule has 2 N–H and O–H groups in total. The Hall–Kier alpha value is -1.23. The molecule has 1 rings (SSSR count). The van der Waals surface area contributed by atoms with Crippen LogP contribution >= 0.6 is 11.8 Å². The van der Waals surface area contributed by atoms with Gasteiger partial charge in [0.25, 0.3) is 5.91 Å². The molecule has 1 aromatic carbocycles. The Kier molecular flexibility index (Phi) is 6.57. The van der Waals surface area contributed by atoms with Crippen LogP contribution in [0.4, 0.5) is 4.39 Å². The molecule has 0 bridgehead atoms. The molecule has 0 saturated carbocycles. The molecule has 0 radical (unpaired) electrons. The van der Waals surface area contributed by atoms with Crippen molar-refractivity contribution in [1.29, 1.82) is 0 Å². The number of benzene rings is 1. The van der Waals surface area contributed by atoms with Crippen molar-refractivity contribution in [2.24, 2.45) is 0 Å². The smallest absolute Gasteiger partial charge is 0.258 e. The second-order valence-electron chi connectivity index (χ2n) is 3.94. The molecule has 0 aliphatic heterocycles.